The van der Waals surface area contributed by atoms with Gasteiger partial charge >= 0.3 is 5.97 Å². The lowest BCUT2D eigenvalue weighted by Gasteiger charge is -2.51. The number of rotatable bonds is 7. The van der Waals surface area contributed by atoms with Crippen LogP contribution in [0.5, 0.6) is 0 Å². The van der Waals surface area contributed by atoms with Crippen molar-refractivity contribution in [2.45, 2.75) is 77.5 Å². The fraction of sp³-hybridized carbons (Fsp3) is 0.464. The second-order valence-electron chi connectivity index (χ2n) is 10.4. The van der Waals surface area contributed by atoms with E-state index in [1.165, 1.54) is 0 Å². The number of carbonyl (C=O) groups is 2. The van der Waals surface area contributed by atoms with E-state index in [1.807, 2.05) is 65.0 Å². The highest BCUT2D eigenvalue weighted by atomic mass is 35.5. The Morgan fingerprint density at radius 1 is 1.29 bits per heavy atom. The molecular formula is C28H34Cl2N2O3. The summed E-state index contributed by atoms with van der Waals surface area (Å²) in [5.74, 6) is -0.711. The van der Waals surface area contributed by atoms with E-state index < -0.39 is 29.1 Å². The zero-order valence-electron chi connectivity index (χ0n) is 21.1. The first-order chi connectivity index (χ1) is 16.4. The number of hydrogen-bond acceptors (Lipinski definition) is 4. The molecule has 1 aliphatic heterocycles. The summed E-state index contributed by atoms with van der Waals surface area (Å²) in [4.78, 5) is 33.9. The van der Waals surface area contributed by atoms with Gasteiger partial charge in [-0.05, 0) is 69.9 Å². The normalized spacial score (nSPS) is 23.6. The monoisotopic (exact) mass is 516 g/mol. The zero-order valence-corrected chi connectivity index (χ0v) is 22.6. The van der Waals surface area contributed by atoms with E-state index in [9.17, 15) is 9.59 Å². The van der Waals surface area contributed by atoms with Gasteiger partial charge in [0.15, 0.2) is 0 Å². The third kappa shape index (κ3) is 6.07. The Balaban J connectivity index is 2.24. The third-order valence-electron chi connectivity index (χ3n) is 6.43. The lowest BCUT2D eigenvalue weighted by atomic mass is 9.67. The minimum absolute atomic E-state index is 0.116. The number of amides is 1. The molecule has 2 heterocycles. The SMILES string of the molecule is C=CC[C@@]1(C)C[C@H](c2cccc(Cl)c2)[C@@H](c2ccc(Cl)cn2)N([C@@H](CC)C(=O)OC(C)(C)C)C1=O. The molecule has 0 radical (unpaired) electrons. The number of pyridine rings is 1. The molecule has 3 rings (SSSR count). The van der Waals surface area contributed by atoms with E-state index in [0.717, 1.165) is 5.56 Å². The number of aromatic nitrogens is 1. The van der Waals surface area contributed by atoms with Crippen molar-refractivity contribution in [2.24, 2.45) is 5.41 Å². The number of ether oxygens (including phenoxy) is 1. The summed E-state index contributed by atoms with van der Waals surface area (Å²) in [6.45, 7) is 13.2. The van der Waals surface area contributed by atoms with Gasteiger partial charge in [0.1, 0.15) is 11.6 Å². The highest BCUT2D eigenvalue weighted by Crippen LogP contribution is 2.52. The second kappa shape index (κ2) is 10.7. The van der Waals surface area contributed by atoms with E-state index in [-0.39, 0.29) is 11.8 Å². The molecule has 1 aromatic heterocycles. The van der Waals surface area contributed by atoms with E-state index in [0.29, 0.717) is 35.0 Å². The van der Waals surface area contributed by atoms with Gasteiger partial charge in [0.2, 0.25) is 5.91 Å². The molecule has 4 atom stereocenters. The molecule has 5 nitrogen and oxygen atoms in total. The van der Waals surface area contributed by atoms with Crippen LogP contribution in [0, 0.1) is 5.41 Å². The Kier molecular flexibility index (Phi) is 8.33. The fourth-order valence-electron chi connectivity index (χ4n) is 4.94. The molecule has 1 aliphatic rings. The van der Waals surface area contributed by atoms with Gasteiger partial charge in [0, 0.05) is 17.1 Å². The second-order valence-corrected chi connectivity index (χ2v) is 11.3. The van der Waals surface area contributed by atoms with Crippen LogP contribution in [-0.4, -0.2) is 33.4 Å². The lowest BCUT2D eigenvalue weighted by molar-refractivity contribution is -0.173. The van der Waals surface area contributed by atoms with E-state index in [2.05, 4.69) is 11.6 Å². The maximum absolute atomic E-state index is 14.2. The maximum atomic E-state index is 14.2. The smallest absolute Gasteiger partial charge is 0.329 e. The zero-order chi connectivity index (χ0) is 26.0. The molecule has 0 N–H and O–H groups in total. The largest absolute Gasteiger partial charge is 0.458 e. The number of benzene rings is 1. The van der Waals surface area contributed by atoms with Gasteiger partial charge in [-0.15, -0.1) is 6.58 Å². The van der Waals surface area contributed by atoms with Gasteiger partial charge in [-0.2, -0.15) is 0 Å². The summed E-state index contributed by atoms with van der Waals surface area (Å²) >= 11 is 12.5. The summed E-state index contributed by atoms with van der Waals surface area (Å²) in [6.07, 6.45) is 4.76. The summed E-state index contributed by atoms with van der Waals surface area (Å²) < 4.78 is 5.77. The highest BCUT2D eigenvalue weighted by molar-refractivity contribution is 6.30. The molecular weight excluding hydrogens is 483 g/mol. The van der Waals surface area contributed by atoms with Crippen LogP contribution in [0.15, 0.2) is 55.3 Å². The van der Waals surface area contributed by atoms with Crippen molar-refractivity contribution in [2.75, 3.05) is 0 Å². The number of esters is 1. The van der Waals surface area contributed by atoms with Crippen molar-refractivity contribution >= 4 is 35.1 Å². The Labute approximate surface area is 218 Å². The van der Waals surface area contributed by atoms with Crippen molar-refractivity contribution in [1.29, 1.82) is 0 Å². The number of piperidine rings is 1. The lowest BCUT2D eigenvalue weighted by Crippen LogP contribution is -2.58. The van der Waals surface area contributed by atoms with Crippen molar-refractivity contribution in [3.05, 3.63) is 76.6 Å². The maximum Gasteiger partial charge on any atom is 0.329 e. The van der Waals surface area contributed by atoms with Crippen LogP contribution in [0.3, 0.4) is 0 Å². The summed E-state index contributed by atoms with van der Waals surface area (Å²) in [7, 11) is 0. The first-order valence-corrected chi connectivity index (χ1v) is 12.7. The molecule has 0 unspecified atom stereocenters. The van der Waals surface area contributed by atoms with Gasteiger partial charge in [-0.25, -0.2) is 4.79 Å². The van der Waals surface area contributed by atoms with Crippen molar-refractivity contribution in [3.8, 4) is 0 Å². The quantitative estimate of drug-likeness (QED) is 0.289. The molecule has 1 fully saturated rings. The molecule has 1 amide bonds. The Bertz CT molecular complexity index is 1080. The number of allylic oxidation sites excluding steroid dienone is 1. The van der Waals surface area contributed by atoms with Crippen LogP contribution in [-0.2, 0) is 14.3 Å². The Morgan fingerprint density at radius 3 is 2.54 bits per heavy atom. The number of halogens is 2. The molecule has 0 saturated carbocycles. The predicted molar refractivity (Wildman–Crippen MR) is 140 cm³/mol. The van der Waals surface area contributed by atoms with Crippen LogP contribution in [0.4, 0.5) is 0 Å². The van der Waals surface area contributed by atoms with Gasteiger partial charge in [-0.3, -0.25) is 9.78 Å². The van der Waals surface area contributed by atoms with E-state index >= 15 is 0 Å². The molecule has 7 heteroatoms. The molecule has 1 aromatic carbocycles. The molecule has 188 valence electrons. The van der Waals surface area contributed by atoms with Gasteiger partial charge in [0.25, 0.3) is 0 Å². The molecule has 0 bridgehead atoms. The van der Waals surface area contributed by atoms with Crippen molar-refractivity contribution < 1.29 is 14.3 Å². The third-order valence-corrected chi connectivity index (χ3v) is 6.89. The highest BCUT2D eigenvalue weighted by Gasteiger charge is 2.53. The van der Waals surface area contributed by atoms with Crippen molar-refractivity contribution in [3.63, 3.8) is 0 Å². The topological polar surface area (TPSA) is 59.5 Å². The van der Waals surface area contributed by atoms with Crippen LogP contribution >= 0.6 is 23.2 Å². The minimum Gasteiger partial charge on any atom is -0.458 e. The van der Waals surface area contributed by atoms with Crippen LogP contribution in [0.1, 0.15) is 77.1 Å². The van der Waals surface area contributed by atoms with Gasteiger partial charge in [-0.1, -0.05) is 55.3 Å². The molecule has 0 spiro atoms. The van der Waals surface area contributed by atoms with Crippen LogP contribution in [0.25, 0.3) is 0 Å². The van der Waals surface area contributed by atoms with Crippen LogP contribution < -0.4 is 0 Å². The first kappa shape index (κ1) is 27.2. The van der Waals surface area contributed by atoms with Crippen LogP contribution in [0.2, 0.25) is 10.0 Å². The number of nitrogens with zero attached hydrogens (tertiary/aromatic N) is 2. The van der Waals surface area contributed by atoms with Gasteiger partial charge in [0.05, 0.1) is 22.2 Å². The molecule has 35 heavy (non-hydrogen) atoms. The van der Waals surface area contributed by atoms with Gasteiger partial charge < -0.3 is 9.64 Å². The number of likely N-dealkylation sites (tertiary alicyclic amines) is 1. The number of carbonyl (C=O) groups excluding carboxylic acids is 2. The predicted octanol–water partition coefficient (Wildman–Crippen LogP) is 7.15. The standard InChI is InChI=1S/C28H34Cl2N2O3/c1-7-14-28(6)16-21(18-10-9-11-19(29)15-18)24(22-13-12-20(30)17-31-22)32(26(28)34)23(8-2)25(33)35-27(3,4)5/h7,9-13,15,17,21,23-24H,1,8,14,16H2,2-6H3/t21-,23+,24+,28+/m1/s1. The fourth-order valence-corrected chi connectivity index (χ4v) is 5.25. The Hall–Kier alpha value is -2.37. The summed E-state index contributed by atoms with van der Waals surface area (Å²) in [6, 6.07) is 9.95. The first-order valence-electron chi connectivity index (χ1n) is 11.9. The Morgan fingerprint density at radius 2 is 2.00 bits per heavy atom. The van der Waals surface area contributed by atoms with E-state index in [4.69, 9.17) is 27.9 Å². The summed E-state index contributed by atoms with van der Waals surface area (Å²) in [5.41, 5.74) is 0.197. The minimum atomic E-state index is -0.782. The molecule has 2 aromatic rings. The molecule has 0 aliphatic carbocycles. The summed E-state index contributed by atoms with van der Waals surface area (Å²) in [5, 5.41) is 1.11. The number of hydrogen-bond donors (Lipinski definition) is 0. The van der Waals surface area contributed by atoms with Crippen molar-refractivity contribution in [1.82, 2.24) is 9.88 Å². The average Bonchev–Trinajstić information content (AvgIpc) is 2.77. The molecule has 1 saturated heterocycles. The van der Waals surface area contributed by atoms with E-state index in [1.54, 1.807) is 23.2 Å². The average molecular weight is 517 g/mol.